The van der Waals surface area contributed by atoms with Gasteiger partial charge in [-0.05, 0) is 55.2 Å². The second-order valence-corrected chi connectivity index (χ2v) is 9.74. The predicted molar refractivity (Wildman–Crippen MR) is 138 cm³/mol. The van der Waals surface area contributed by atoms with Crippen molar-refractivity contribution in [2.75, 3.05) is 26.8 Å². The van der Waals surface area contributed by atoms with Crippen molar-refractivity contribution in [2.45, 2.75) is 39.8 Å². The van der Waals surface area contributed by atoms with Crippen LogP contribution in [0.2, 0.25) is 0 Å². The Morgan fingerprint density at radius 1 is 0.882 bits per heavy atom. The lowest BCUT2D eigenvalue weighted by Crippen LogP contribution is -2.43. The molecule has 0 aliphatic heterocycles. The third kappa shape index (κ3) is 7.54. The lowest BCUT2D eigenvalue weighted by atomic mass is 10.1. The van der Waals surface area contributed by atoms with Gasteiger partial charge in [-0.2, -0.15) is 0 Å². The Morgan fingerprint density at radius 3 is 2.24 bits per heavy atom. The molecule has 1 aromatic heterocycles. The third-order valence-corrected chi connectivity index (χ3v) is 6.70. The van der Waals surface area contributed by atoms with E-state index in [4.69, 9.17) is 4.74 Å². The maximum atomic E-state index is 13.5. The molecule has 0 N–H and O–H groups in total. The molecule has 180 valence electrons. The zero-order valence-electron chi connectivity index (χ0n) is 20.3. The van der Waals surface area contributed by atoms with E-state index in [-0.39, 0.29) is 18.4 Å². The van der Waals surface area contributed by atoms with E-state index in [0.717, 1.165) is 16.9 Å². The number of carbonyl (C=O) groups excluding carboxylic acids is 2. The molecule has 0 unspecified atom stereocenters. The predicted octanol–water partition coefficient (Wildman–Crippen LogP) is 5.33. The lowest BCUT2D eigenvalue weighted by Gasteiger charge is -2.28. The summed E-state index contributed by atoms with van der Waals surface area (Å²) in [6.07, 6.45) is 1.59. The molecular formula is C28H34N2O3S. The molecule has 3 rings (SSSR count). The van der Waals surface area contributed by atoms with E-state index in [2.05, 4.69) is 26.0 Å². The minimum Gasteiger partial charge on any atom is -0.385 e. The van der Waals surface area contributed by atoms with Crippen LogP contribution < -0.4 is 0 Å². The van der Waals surface area contributed by atoms with Crippen LogP contribution in [-0.4, -0.2) is 48.4 Å². The molecule has 0 atom stereocenters. The number of carbonyl (C=O) groups is 2. The molecule has 0 saturated heterocycles. The quantitative estimate of drug-likeness (QED) is 0.331. The van der Waals surface area contributed by atoms with Crippen LogP contribution >= 0.6 is 11.3 Å². The van der Waals surface area contributed by atoms with Gasteiger partial charge in [0.25, 0.3) is 5.91 Å². The molecule has 0 aliphatic carbocycles. The fraction of sp³-hybridized carbons (Fsp3) is 0.357. The van der Waals surface area contributed by atoms with Gasteiger partial charge in [0.05, 0.1) is 6.54 Å². The Balaban J connectivity index is 1.79. The van der Waals surface area contributed by atoms with Crippen LogP contribution in [0.3, 0.4) is 0 Å². The summed E-state index contributed by atoms with van der Waals surface area (Å²) in [4.78, 5) is 32.7. The first-order chi connectivity index (χ1) is 16.5. The topological polar surface area (TPSA) is 49.9 Å². The molecule has 2 amide bonds. The monoisotopic (exact) mass is 478 g/mol. The van der Waals surface area contributed by atoms with E-state index in [1.54, 1.807) is 23.3 Å². The molecule has 0 fully saturated rings. The molecule has 0 spiro atoms. The number of ether oxygens (including phenoxy) is 1. The van der Waals surface area contributed by atoms with Crippen LogP contribution in [0, 0.1) is 6.92 Å². The van der Waals surface area contributed by atoms with Gasteiger partial charge in [-0.25, -0.2) is 0 Å². The van der Waals surface area contributed by atoms with Crippen LogP contribution in [0.4, 0.5) is 0 Å². The van der Waals surface area contributed by atoms with Crippen molar-refractivity contribution < 1.29 is 14.3 Å². The number of hydrogen-bond acceptors (Lipinski definition) is 4. The van der Waals surface area contributed by atoms with Gasteiger partial charge >= 0.3 is 0 Å². The Labute approximate surface area is 207 Å². The zero-order valence-corrected chi connectivity index (χ0v) is 21.1. The zero-order chi connectivity index (χ0) is 24.3. The molecular weight excluding hydrogens is 444 g/mol. The van der Waals surface area contributed by atoms with E-state index in [9.17, 15) is 9.59 Å². The molecule has 2 aromatic carbocycles. The van der Waals surface area contributed by atoms with Gasteiger partial charge in [0.15, 0.2) is 0 Å². The molecule has 3 aromatic rings. The van der Waals surface area contributed by atoms with Gasteiger partial charge in [-0.15, -0.1) is 11.3 Å². The summed E-state index contributed by atoms with van der Waals surface area (Å²) in [6.45, 7) is 6.22. The normalized spacial score (nSPS) is 10.8. The summed E-state index contributed by atoms with van der Waals surface area (Å²) < 4.78 is 5.19. The van der Waals surface area contributed by atoms with Gasteiger partial charge in [-0.3, -0.25) is 9.59 Å². The Morgan fingerprint density at radius 2 is 1.62 bits per heavy atom. The summed E-state index contributed by atoms with van der Waals surface area (Å²) in [5.74, 6) is -0.190. The first kappa shape index (κ1) is 25.7. The van der Waals surface area contributed by atoms with Gasteiger partial charge in [0.1, 0.15) is 6.54 Å². The number of amides is 2. The van der Waals surface area contributed by atoms with Crippen molar-refractivity contribution >= 4 is 23.2 Å². The van der Waals surface area contributed by atoms with Crippen molar-refractivity contribution in [3.8, 4) is 0 Å². The van der Waals surface area contributed by atoms with Crippen LogP contribution in [0.25, 0.3) is 0 Å². The van der Waals surface area contributed by atoms with Crippen LogP contribution in [0.1, 0.15) is 44.6 Å². The van der Waals surface area contributed by atoms with Gasteiger partial charge in [0.2, 0.25) is 5.91 Å². The average molecular weight is 479 g/mol. The van der Waals surface area contributed by atoms with E-state index >= 15 is 0 Å². The van der Waals surface area contributed by atoms with Crippen molar-refractivity contribution in [3.63, 3.8) is 0 Å². The number of rotatable bonds is 12. The molecule has 6 heteroatoms. The smallest absolute Gasteiger partial charge is 0.254 e. The highest BCUT2D eigenvalue weighted by Crippen LogP contribution is 2.19. The van der Waals surface area contributed by atoms with Crippen molar-refractivity contribution in [2.24, 2.45) is 0 Å². The average Bonchev–Trinajstić information content (AvgIpc) is 3.27. The molecule has 0 saturated carbocycles. The van der Waals surface area contributed by atoms with Gasteiger partial charge in [0, 0.05) is 42.1 Å². The van der Waals surface area contributed by atoms with Crippen LogP contribution in [-0.2, 0) is 29.0 Å². The first-order valence-corrected chi connectivity index (χ1v) is 12.6. The number of methoxy groups -OCH3 is 1. The Bertz CT molecular complexity index is 1050. The first-order valence-electron chi connectivity index (χ1n) is 11.7. The summed E-state index contributed by atoms with van der Waals surface area (Å²) in [5.41, 5.74) is 2.85. The maximum Gasteiger partial charge on any atom is 0.254 e. The fourth-order valence-corrected chi connectivity index (χ4v) is 4.68. The summed E-state index contributed by atoms with van der Waals surface area (Å²) in [6, 6.07) is 21.8. The Hall–Kier alpha value is -2.96. The molecule has 0 aliphatic rings. The highest BCUT2D eigenvalue weighted by molar-refractivity contribution is 7.11. The van der Waals surface area contributed by atoms with E-state index in [0.29, 0.717) is 38.2 Å². The highest BCUT2D eigenvalue weighted by Gasteiger charge is 2.23. The lowest BCUT2D eigenvalue weighted by molar-refractivity contribution is -0.133. The van der Waals surface area contributed by atoms with Crippen LogP contribution in [0.15, 0.2) is 66.7 Å². The molecule has 5 nitrogen and oxygen atoms in total. The number of hydrogen-bond donors (Lipinski definition) is 0. The molecule has 34 heavy (non-hydrogen) atoms. The molecule has 0 radical (unpaired) electrons. The van der Waals surface area contributed by atoms with Gasteiger partial charge < -0.3 is 14.5 Å². The third-order valence-electron chi connectivity index (χ3n) is 5.71. The van der Waals surface area contributed by atoms with E-state index in [1.807, 2.05) is 59.5 Å². The van der Waals surface area contributed by atoms with Crippen molar-refractivity contribution in [1.82, 2.24) is 9.80 Å². The molecule has 0 bridgehead atoms. The van der Waals surface area contributed by atoms with E-state index < -0.39 is 0 Å². The van der Waals surface area contributed by atoms with Crippen molar-refractivity contribution in [3.05, 3.63) is 93.2 Å². The summed E-state index contributed by atoms with van der Waals surface area (Å²) >= 11 is 1.70. The van der Waals surface area contributed by atoms with E-state index in [1.165, 1.54) is 10.4 Å². The fourth-order valence-electron chi connectivity index (χ4n) is 3.78. The SMILES string of the molecule is CCc1ccc(C(=O)N(CCCOC)CC(=O)N(Cc2ccccc2)Cc2ccc(C)s2)cc1. The number of thiophene rings is 1. The standard InChI is InChI=1S/C28H34N2O3S/c1-4-23-12-14-25(15-13-23)28(32)29(17-8-18-33-3)21-27(31)30(19-24-9-6-5-7-10-24)20-26-16-11-22(2)34-26/h5-7,9-16H,4,8,17-21H2,1-3H3. The minimum atomic E-state index is -0.126. The number of nitrogens with zero attached hydrogens (tertiary/aromatic N) is 2. The highest BCUT2D eigenvalue weighted by atomic mass is 32.1. The van der Waals surface area contributed by atoms with Crippen molar-refractivity contribution in [1.29, 1.82) is 0 Å². The summed E-state index contributed by atoms with van der Waals surface area (Å²) in [5, 5.41) is 0. The Kier molecular flexibility index (Phi) is 9.86. The number of aryl methyl sites for hydroxylation is 2. The molecule has 1 heterocycles. The number of benzene rings is 2. The van der Waals surface area contributed by atoms with Crippen LogP contribution in [0.5, 0.6) is 0 Å². The minimum absolute atomic E-state index is 0.0370. The second-order valence-electron chi connectivity index (χ2n) is 8.37. The largest absolute Gasteiger partial charge is 0.385 e. The summed E-state index contributed by atoms with van der Waals surface area (Å²) in [7, 11) is 1.64. The second kappa shape index (κ2) is 13.1. The van der Waals surface area contributed by atoms with Gasteiger partial charge in [-0.1, -0.05) is 49.4 Å². The maximum absolute atomic E-state index is 13.5.